The normalized spacial score (nSPS) is 14.3. The fraction of sp³-hybridized carbons (Fsp3) is 0.105. The number of aldehydes is 1. The Morgan fingerprint density at radius 3 is 2.72 bits per heavy atom. The zero-order chi connectivity index (χ0) is 17.4. The summed E-state index contributed by atoms with van der Waals surface area (Å²) in [5.74, 6) is -0.202. The van der Waals surface area contributed by atoms with Gasteiger partial charge in [-0.3, -0.25) is 14.7 Å². The van der Waals surface area contributed by atoms with Crippen LogP contribution in [0, 0.1) is 0 Å². The molecule has 25 heavy (non-hydrogen) atoms. The van der Waals surface area contributed by atoms with Gasteiger partial charge in [0.05, 0.1) is 11.4 Å². The van der Waals surface area contributed by atoms with E-state index in [1.807, 2.05) is 6.08 Å². The predicted molar refractivity (Wildman–Crippen MR) is 93.0 cm³/mol. The van der Waals surface area contributed by atoms with Crippen LogP contribution in [0.5, 0.6) is 0 Å². The van der Waals surface area contributed by atoms with Crippen molar-refractivity contribution >= 4 is 17.5 Å². The first-order valence-corrected chi connectivity index (χ1v) is 7.90. The van der Waals surface area contributed by atoms with Crippen molar-refractivity contribution in [1.82, 2.24) is 14.6 Å². The molecular weight excluding hydrogens is 321 g/mol. The van der Waals surface area contributed by atoms with Crippen LogP contribution >= 0.6 is 0 Å². The third kappa shape index (κ3) is 2.71. The van der Waals surface area contributed by atoms with Crippen LogP contribution in [-0.4, -0.2) is 20.9 Å². The Hall–Kier alpha value is -3.28. The molecule has 0 bridgehead atoms. The number of aromatic amines is 1. The molecule has 0 spiro atoms. The molecule has 0 saturated carbocycles. The van der Waals surface area contributed by atoms with Gasteiger partial charge in [0.15, 0.2) is 5.65 Å². The number of nitrogens with one attached hydrogen (secondary N) is 1. The lowest BCUT2D eigenvalue weighted by Crippen LogP contribution is -2.14. The Morgan fingerprint density at radius 1 is 1.20 bits per heavy atom. The maximum absolute atomic E-state index is 14.1. The van der Waals surface area contributed by atoms with E-state index in [2.05, 4.69) is 10.1 Å². The second kappa shape index (κ2) is 5.98. The summed E-state index contributed by atoms with van der Waals surface area (Å²) in [6, 6.07) is 9.88. The number of benzene rings is 1. The van der Waals surface area contributed by atoms with Gasteiger partial charge in [-0.25, -0.2) is 13.9 Å². The van der Waals surface area contributed by atoms with Crippen LogP contribution in [0.15, 0.2) is 59.2 Å². The van der Waals surface area contributed by atoms with Crippen LogP contribution in [0.4, 0.5) is 4.39 Å². The van der Waals surface area contributed by atoms with Gasteiger partial charge in [0.1, 0.15) is 12.1 Å². The molecule has 0 atom stereocenters. The first kappa shape index (κ1) is 15.3. The summed E-state index contributed by atoms with van der Waals surface area (Å²) in [5, 5.41) is 2.91. The largest absolute Gasteiger partial charge is 0.298 e. The van der Waals surface area contributed by atoms with Crippen LogP contribution in [-0.2, 0) is 0 Å². The Bertz CT molecular complexity index is 1090. The maximum Gasteiger partial charge on any atom is 0.273 e. The molecule has 1 aliphatic carbocycles. The van der Waals surface area contributed by atoms with Crippen LogP contribution in [0.2, 0.25) is 0 Å². The fourth-order valence-corrected chi connectivity index (χ4v) is 2.88. The van der Waals surface area contributed by atoms with Crippen LogP contribution < -0.4 is 5.56 Å². The highest BCUT2D eigenvalue weighted by atomic mass is 19.1. The molecule has 4 rings (SSSR count). The lowest BCUT2D eigenvalue weighted by Gasteiger charge is -2.06. The highest BCUT2D eigenvalue weighted by Gasteiger charge is 2.14. The molecule has 0 aliphatic heterocycles. The number of carbonyl (C=O) groups is 1. The van der Waals surface area contributed by atoms with Crippen LogP contribution in [0.3, 0.4) is 0 Å². The van der Waals surface area contributed by atoms with E-state index in [0.717, 1.165) is 11.8 Å². The van der Waals surface area contributed by atoms with Crippen molar-refractivity contribution < 1.29 is 9.18 Å². The molecule has 6 heteroatoms. The summed E-state index contributed by atoms with van der Waals surface area (Å²) in [7, 11) is 0. The number of carbonyl (C=O) groups excluding carboxylic acids is 1. The molecule has 1 N–H and O–H groups in total. The van der Waals surface area contributed by atoms with E-state index in [1.54, 1.807) is 36.4 Å². The monoisotopic (exact) mass is 335 g/mol. The van der Waals surface area contributed by atoms with Crippen molar-refractivity contribution in [3.63, 3.8) is 0 Å². The van der Waals surface area contributed by atoms with Gasteiger partial charge < -0.3 is 0 Å². The maximum atomic E-state index is 14.1. The lowest BCUT2D eigenvalue weighted by molar-refractivity contribution is 0.112. The minimum atomic E-state index is -0.286. The van der Waals surface area contributed by atoms with Gasteiger partial charge in [0.25, 0.3) is 5.56 Å². The number of H-pyrrole nitrogens is 1. The number of hydrogen-bond donors (Lipinski definition) is 1. The van der Waals surface area contributed by atoms with Crippen LogP contribution in [0.1, 0.15) is 28.9 Å². The summed E-state index contributed by atoms with van der Waals surface area (Å²) in [5.41, 5.74) is 2.89. The number of fused-ring (bicyclic) bond motifs is 1. The highest BCUT2D eigenvalue weighted by Crippen LogP contribution is 2.28. The second-order valence-electron chi connectivity index (χ2n) is 5.84. The fourth-order valence-electron chi connectivity index (χ4n) is 2.88. The van der Waals surface area contributed by atoms with Crippen molar-refractivity contribution in [3.8, 4) is 11.3 Å². The van der Waals surface area contributed by atoms with E-state index in [4.69, 9.17) is 0 Å². The molecule has 0 saturated heterocycles. The third-order valence-corrected chi connectivity index (χ3v) is 4.19. The van der Waals surface area contributed by atoms with Crippen molar-refractivity contribution in [3.05, 3.63) is 76.0 Å². The molecule has 5 nitrogen and oxygen atoms in total. The lowest BCUT2D eigenvalue weighted by atomic mass is 10.0. The summed E-state index contributed by atoms with van der Waals surface area (Å²) in [4.78, 5) is 27.6. The second-order valence-corrected chi connectivity index (χ2v) is 5.84. The third-order valence-electron chi connectivity index (χ3n) is 4.19. The topological polar surface area (TPSA) is 67.2 Å². The van der Waals surface area contributed by atoms with Gasteiger partial charge in [0.2, 0.25) is 0 Å². The number of nitrogens with zero attached hydrogens (tertiary/aromatic N) is 2. The van der Waals surface area contributed by atoms with E-state index in [9.17, 15) is 14.0 Å². The first-order valence-electron chi connectivity index (χ1n) is 7.90. The van der Waals surface area contributed by atoms with Crippen molar-refractivity contribution in [2.75, 3.05) is 0 Å². The number of allylic oxidation sites excluding steroid dienone is 4. The molecule has 3 aromatic rings. The summed E-state index contributed by atoms with van der Waals surface area (Å²) in [6.07, 6.45) is 5.41. The highest BCUT2D eigenvalue weighted by molar-refractivity contribution is 5.77. The van der Waals surface area contributed by atoms with Crippen molar-refractivity contribution in [2.24, 2.45) is 0 Å². The van der Waals surface area contributed by atoms with E-state index < -0.39 is 0 Å². The predicted octanol–water partition coefficient (Wildman–Crippen LogP) is 3.53. The zero-order valence-electron chi connectivity index (χ0n) is 13.2. The molecule has 1 aromatic carbocycles. The minimum absolute atomic E-state index is 0.202. The summed E-state index contributed by atoms with van der Waals surface area (Å²) >= 11 is 0. The Morgan fingerprint density at radius 2 is 2.00 bits per heavy atom. The molecule has 1 aliphatic rings. The molecular formula is C19H14FN3O2. The number of aromatic nitrogens is 3. The van der Waals surface area contributed by atoms with Gasteiger partial charge in [-0.15, -0.1) is 0 Å². The van der Waals surface area contributed by atoms with Gasteiger partial charge in [-0.1, -0.05) is 36.4 Å². The van der Waals surface area contributed by atoms with E-state index in [0.29, 0.717) is 41.0 Å². The average molecular weight is 335 g/mol. The standard InChI is InChI=1S/C19H14FN3O2/c20-15-4-2-1-3-14(15)17-9-18-21-16(10-19(25)23(18)22-17)13-7-5-12(11-24)6-8-13/h1,3,5-11,22H,2,4H2. The average Bonchev–Trinajstić information content (AvgIpc) is 3.07. The van der Waals surface area contributed by atoms with Crippen LogP contribution in [0.25, 0.3) is 22.5 Å². The smallest absolute Gasteiger partial charge is 0.273 e. The minimum Gasteiger partial charge on any atom is -0.298 e. The molecule has 2 heterocycles. The number of hydrogen-bond acceptors (Lipinski definition) is 3. The van der Waals surface area contributed by atoms with E-state index >= 15 is 0 Å². The molecule has 0 radical (unpaired) electrons. The first-order chi connectivity index (χ1) is 12.2. The van der Waals surface area contributed by atoms with Gasteiger partial charge in [0, 0.05) is 35.3 Å². The molecule has 2 aromatic heterocycles. The Kier molecular flexibility index (Phi) is 3.65. The Labute approximate surface area is 142 Å². The SMILES string of the molecule is O=Cc1ccc(-c2cc(=O)n3[nH]c(C4=C(F)CCC=C4)cc3n2)cc1. The summed E-state index contributed by atoms with van der Waals surface area (Å²) < 4.78 is 15.3. The van der Waals surface area contributed by atoms with Gasteiger partial charge in [-0.05, 0) is 6.42 Å². The number of rotatable bonds is 3. The Balaban J connectivity index is 1.83. The molecule has 0 amide bonds. The van der Waals surface area contributed by atoms with E-state index in [1.165, 1.54) is 10.6 Å². The van der Waals surface area contributed by atoms with Gasteiger partial charge >= 0.3 is 0 Å². The van der Waals surface area contributed by atoms with Crippen molar-refractivity contribution in [1.29, 1.82) is 0 Å². The quantitative estimate of drug-likeness (QED) is 0.745. The van der Waals surface area contributed by atoms with Crippen molar-refractivity contribution in [2.45, 2.75) is 12.8 Å². The molecule has 0 fully saturated rings. The molecule has 0 unspecified atom stereocenters. The zero-order valence-corrected chi connectivity index (χ0v) is 13.2. The number of halogens is 1. The van der Waals surface area contributed by atoms with Gasteiger partial charge in [-0.2, -0.15) is 0 Å². The van der Waals surface area contributed by atoms with E-state index in [-0.39, 0.29) is 11.4 Å². The molecule has 124 valence electrons. The summed E-state index contributed by atoms with van der Waals surface area (Å²) in [6.45, 7) is 0.